The highest BCUT2D eigenvalue weighted by atomic mass is 35.5. The zero-order valence-corrected chi connectivity index (χ0v) is 10.5. The van der Waals surface area contributed by atoms with Gasteiger partial charge in [-0.25, -0.2) is 4.98 Å². The van der Waals surface area contributed by atoms with Gasteiger partial charge in [-0.05, 0) is 31.7 Å². The molecule has 1 saturated carbocycles. The van der Waals surface area contributed by atoms with Crippen LogP contribution in [0.3, 0.4) is 0 Å². The molecule has 2 unspecified atom stereocenters. The van der Waals surface area contributed by atoms with Crippen LogP contribution in [0, 0.1) is 5.92 Å². The van der Waals surface area contributed by atoms with Gasteiger partial charge in [0.2, 0.25) is 0 Å². The Hall–Kier alpha value is -0.610. The number of alkyl halides is 1. The molecule has 0 amide bonds. The smallest absolute Gasteiger partial charge is 0.140 e. The van der Waals surface area contributed by atoms with Crippen molar-refractivity contribution in [3.63, 3.8) is 0 Å². The Morgan fingerprint density at radius 2 is 2.44 bits per heavy atom. The van der Waals surface area contributed by atoms with Crippen molar-refractivity contribution in [2.45, 2.75) is 37.6 Å². The van der Waals surface area contributed by atoms with Gasteiger partial charge in [0.15, 0.2) is 0 Å². The fraction of sp³-hybridized carbons (Fsp3) is 0.818. The second kappa shape index (κ2) is 5.64. The SMILES string of the molecule is Cn1ncnc1CNCC1CCCC(Cl)C1. The highest BCUT2D eigenvalue weighted by Crippen LogP contribution is 2.27. The lowest BCUT2D eigenvalue weighted by atomic mass is 9.89. The minimum Gasteiger partial charge on any atom is -0.310 e. The van der Waals surface area contributed by atoms with Crippen LogP contribution in [0.15, 0.2) is 6.33 Å². The van der Waals surface area contributed by atoms with Gasteiger partial charge in [-0.2, -0.15) is 5.10 Å². The van der Waals surface area contributed by atoms with Crippen LogP contribution in [0.25, 0.3) is 0 Å². The quantitative estimate of drug-likeness (QED) is 0.818. The van der Waals surface area contributed by atoms with Crippen molar-refractivity contribution < 1.29 is 0 Å². The summed E-state index contributed by atoms with van der Waals surface area (Å²) in [4.78, 5) is 4.18. The lowest BCUT2D eigenvalue weighted by Gasteiger charge is -2.25. The van der Waals surface area contributed by atoms with Crippen LogP contribution < -0.4 is 5.32 Å². The average molecular weight is 243 g/mol. The minimum atomic E-state index is 0.385. The Morgan fingerprint density at radius 1 is 1.56 bits per heavy atom. The molecule has 16 heavy (non-hydrogen) atoms. The summed E-state index contributed by atoms with van der Waals surface area (Å²) in [5, 5.41) is 7.86. The van der Waals surface area contributed by atoms with Crippen molar-refractivity contribution in [3.05, 3.63) is 12.2 Å². The predicted octanol–water partition coefficient (Wildman–Crippen LogP) is 1.70. The predicted molar refractivity (Wildman–Crippen MR) is 64.3 cm³/mol. The summed E-state index contributed by atoms with van der Waals surface area (Å²) in [5.41, 5.74) is 0. The molecule has 0 aliphatic heterocycles. The summed E-state index contributed by atoms with van der Waals surface area (Å²) in [6.45, 7) is 1.83. The van der Waals surface area contributed by atoms with E-state index in [1.807, 2.05) is 7.05 Å². The third-order valence-corrected chi connectivity index (χ3v) is 3.64. The molecule has 90 valence electrons. The molecule has 4 nitrogen and oxygen atoms in total. The van der Waals surface area contributed by atoms with Gasteiger partial charge >= 0.3 is 0 Å². The molecule has 1 heterocycles. The topological polar surface area (TPSA) is 42.7 Å². The molecule has 1 aromatic rings. The standard InChI is InChI=1S/C11H19ClN4/c1-16-11(14-8-15-16)7-13-6-9-3-2-4-10(12)5-9/h8-10,13H,2-7H2,1H3. The van der Waals surface area contributed by atoms with E-state index in [9.17, 15) is 0 Å². The molecular formula is C11H19ClN4. The van der Waals surface area contributed by atoms with Crippen molar-refractivity contribution in [3.8, 4) is 0 Å². The van der Waals surface area contributed by atoms with E-state index in [0.29, 0.717) is 5.38 Å². The maximum absolute atomic E-state index is 6.16. The second-order valence-electron chi connectivity index (χ2n) is 4.56. The number of hydrogen-bond acceptors (Lipinski definition) is 3. The van der Waals surface area contributed by atoms with Gasteiger partial charge in [0.05, 0.1) is 6.54 Å². The first-order valence-corrected chi connectivity index (χ1v) is 6.37. The van der Waals surface area contributed by atoms with Crippen molar-refractivity contribution in [1.82, 2.24) is 20.1 Å². The number of nitrogens with one attached hydrogen (secondary N) is 1. The lowest BCUT2D eigenvalue weighted by molar-refractivity contribution is 0.344. The van der Waals surface area contributed by atoms with Crippen molar-refractivity contribution in [2.75, 3.05) is 6.54 Å². The first-order valence-electron chi connectivity index (χ1n) is 5.93. The summed E-state index contributed by atoms with van der Waals surface area (Å²) >= 11 is 6.16. The molecule has 2 atom stereocenters. The maximum atomic E-state index is 6.16. The van der Waals surface area contributed by atoms with Crippen LogP contribution in [0.4, 0.5) is 0 Å². The van der Waals surface area contributed by atoms with E-state index in [1.165, 1.54) is 19.3 Å². The van der Waals surface area contributed by atoms with E-state index >= 15 is 0 Å². The fourth-order valence-electron chi connectivity index (χ4n) is 2.28. The summed E-state index contributed by atoms with van der Waals surface area (Å²) in [6, 6.07) is 0. The molecule has 1 aliphatic carbocycles. The van der Waals surface area contributed by atoms with Gasteiger partial charge in [0.25, 0.3) is 0 Å². The van der Waals surface area contributed by atoms with E-state index in [1.54, 1.807) is 11.0 Å². The number of hydrogen-bond donors (Lipinski definition) is 1. The minimum absolute atomic E-state index is 0.385. The Morgan fingerprint density at radius 3 is 3.12 bits per heavy atom. The zero-order chi connectivity index (χ0) is 11.4. The van der Waals surface area contributed by atoms with Crippen molar-refractivity contribution in [1.29, 1.82) is 0 Å². The number of aryl methyl sites for hydroxylation is 1. The van der Waals surface area contributed by atoms with Crippen LogP contribution in [-0.4, -0.2) is 26.7 Å². The van der Waals surface area contributed by atoms with Crippen LogP contribution in [0.5, 0.6) is 0 Å². The summed E-state index contributed by atoms with van der Waals surface area (Å²) in [6.07, 6.45) is 6.49. The molecule has 1 aliphatic rings. The van der Waals surface area contributed by atoms with Crippen LogP contribution in [0.2, 0.25) is 0 Å². The molecular weight excluding hydrogens is 224 g/mol. The van der Waals surface area contributed by atoms with Crippen molar-refractivity contribution in [2.24, 2.45) is 13.0 Å². The van der Waals surface area contributed by atoms with Crippen LogP contribution in [0.1, 0.15) is 31.5 Å². The largest absolute Gasteiger partial charge is 0.310 e. The highest BCUT2D eigenvalue weighted by Gasteiger charge is 2.19. The molecule has 1 fully saturated rings. The molecule has 1 aromatic heterocycles. The van der Waals surface area contributed by atoms with E-state index in [0.717, 1.165) is 31.3 Å². The Bertz CT molecular complexity index is 326. The maximum Gasteiger partial charge on any atom is 0.140 e. The second-order valence-corrected chi connectivity index (χ2v) is 5.18. The van der Waals surface area contributed by atoms with Crippen LogP contribution >= 0.6 is 11.6 Å². The van der Waals surface area contributed by atoms with E-state index in [2.05, 4.69) is 15.4 Å². The molecule has 5 heteroatoms. The molecule has 2 rings (SSSR count). The normalized spacial score (nSPS) is 25.9. The monoisotopic (exact) mass is 242 g/mol. The molecule has 0 aromatic carbocycles. The first-order chi connectivity index (χ1) is 7.75. The average Bonchev–Trinajstić information content (AvgIpc) is 2.65. The summed E-state index contributed by atoms with van der Waals surface area (Å²) in [7, 11) is 1.92. The van der Waals surface area contributed by atoms with E-state index < -0.39 is 0 Å². The molecule has 0 radical (unpaired) electrons. The number of aromatic nitrogens is 3. The lowest BCUT2D eigenvalue weighted by Crippen LogP contribution is -2.28. The number of halogens is 1. The molecule has 0 spiro atoms. The highest BCUT2D eigenvalue weighted by molar-refractivity contribution is 6.20. The molecule has 0 bridgehead atoms. The summed E-state index contributed by atoms with van der Waals surface area (Å²) in [5.74, 6) is 1.71. The molecule has 1 N–H and O–H groups in total. The number of nitrogens with zero attached hydrogens (tertiary/aromatic N) is 3. The van der Waals surface area contributed by atoms with Gasteiger partial charge in [0.1, 0.15) is 12.2 Å². The van der Waals surface area contributed by atoms with Gasteiger partial charge < -0.3 is 5.32 Å². The Kier molecular flexibility index (Phi) is 4.18. The molecule has 0 saturated heterocycles. The van der Waals surface area contributed by atoms with Crippen molar-refractivity contribution >= 4 is 11.6 Å². The third kappa shape index (κ3) is 3.19. The zero-order valence-electron chi connectivity index (χ0n) is 9.69. The van der Waals surface area contributed by atoms with Gasteiger partial charge in [0, 0.05) is 12.4 Å². The Balaban J connectivity index is 1.70. The Labute approximate surface area is 101 Å². The fourth-order valence-corrected chi connectivity index (χ4v) is 2.69. The first kappa shape index (κ1) is 11.9. The van der Waals surface area contributed by atoms with Gasteiger partial charge in [-0.1, -0.05) is 6.42 Å². The van der Waals surface area contributed by atoms with E-state index in [4.69, 9.17) is 11.6 Å². The van der Waals surface area contributed by atoms with Gasteiger partial charge in [-0.3, -0.25) is 4.68 Å². The van der Waals surface area contributed by atoms with Gasteiger partial charge in [-0.15, -0.1) is 11.6 Å². The van der Waals surface area contributed by atoms with Crippen LogP contribution in [-0.2, 0) is 13.6 Å². The van der Waals surface area contributed by atoms with E-state index in [-0.39, 0.29) is 0 Å². The third-order valence-electron chi connectivity index (χ3n) is 3.24. The number of rotatable bonds is 4. The summed E-state index contributed by atoms with van der Waals surface area (Å²) < 4.78 is 1.80.